The van der Waals surface area contributed by atoms with Crippen LogP contribution in [0.3, 0.4) is 0 Å². The van der Waals surface area contributed by atoms with Gasteiger partial charge in [-0.15, -0.1) is 0 Å². The molecule has 5 nitrogen and oxygen atoms in total. The van der Waals surface area contributed by atoms with Gasteiger partial charge in [-0.1, -0.05) is 17.7 Å². The number of nitrogens with one attached hydrogen (secondary N) is 1. The summed E-state index contributed by atoms with van der Waals surface area (Å²) >= 11 is 6.27. The van der Waals surface area contributed by atoms with Crippen molar-refractivity contribution in [2.24, 2.45) is 0 Å². The zero-order chi connectivity index (χ0) is 22.8. The van der Waals surface area contributed by atoms with Crippen molar-refractivity contribution >= 4 is 29.8 Å². The third-order valence-electron chi connectivity index (χ3n) is 5.05. The van der Waals surface area contributed by atoms with E-state index in [2.05, 4.69) is 10.3 Å². The molecule has 0 saturated heterocycles. The number of benzene rings is 2. The van der Waals surface area contributed by atoms with Crippen LogP contribution in [-0.4, -0.2) is 22.9 Å². The Morgan fingerprint density at radius 2 is 1.88 bits per heavy atom. The van der Waals surface area contributed by atoms with Gasteiger partial charge < -0.3 is 20.4 Å². The van der Waals surface area contributed by atoms with E-state index >= 15 is 0 Å². The Kier molecular flexibility index (Phi) is 6.16. The first-order chi connectivity index (χ1) is 15.4. The quantitative estimate of drug-likeness (QED) is 0.379. The molecule has 0 aliphatic carbocycles. The van der Waals surface area contributed by atoms with Crippen LogP contribution < -0.4 is 5.32 Å². The highest BCUT2D eigenvalue weighted by Crippen LogP contribution is 2.42. The first-order valence-electron chi connectivity index (χ1n) is 9.66. The van der Waals surface area contributed by atoms with Crippen LogP contribution in [0.2, 0.25) is 5.02 Å². The van der Waals surface area contributed by atoms with E-state index in [4.69, 9.17) is 11.6 Å². The lowest BCUT2D eigenvalue weighted by molar-refractivity contribution is -0.107. The van der Waals surface area contributed by atoms with Crippen LogP contribution in [0.4, 0.5) is 19.0 Å². The van der Waals surface area contributed by atoms with Gasteiger partial charge in [-0.2, -0.15) is 0 Å². The normalized spacial score (nSPS) is 14.9. The van der Waals surface area contributed by atoms with E-state index in [1.807, 2.05) is 0 Å². The lowest BCUT2D eigenvalue weighted by atomic mass is 9.90. The maximum atomic E-state index is 14.6. The maximum absolute atomic E-state index is 14.6. The third kappa shape index (κ3) is 4.06. The summed E-state index contributed by atoms with van der Waals surface area (Å²) in [5.41, 5.74) is 1.00. The Bertz CT molecular complexity index is 1200. The molecular formula is C23H16ClF3N3O2-. The van der Waals surface area contributed by atoms with E-state index in [-0.39, 0.29) is 29.5 Å². The second-order valence-electron chi connectivity index (χ2n) is 7.07. The Morgan fingerprint density at radius 1 is 1.12 bits per heavy atom. The number of pyridine rings is 1. The second kappa shape index (κ2) is 9.02. The molecule has 1 aromatic heterocycles. The number of nitrogens with zero attached hydrogens (tertiary/aromatic N) is 2. The molecule has 3 aromatic rings. The van der Waals surface area contributed by atoms with Gasteiger partial charge in [-0.3, -0.25) is 0 Å². The number of hydroxylamine groups is 2. The van der Waals surface area contributed by atoms with E-state index in [0.29, 0.717) is 21.8 Å². The summed E-state index contributed by atoms with van der Waals surface area (Å²) < 4.78 is 42.8. The van der Waals surface area contributed by atoms with Crippen molar-refractivity contribution in [1.29, 1.82) is 0 Å². The average molecular weight is 459 g/mol. The number of carbonyl (C=O) groups excluding carboxylic acids is 1. The number of hydrogen-bond acceptors (Lipinski definition) is 5. The number of anilines is 1. The first kappa shape index (κ1) is 21.9. The van der Waals surface area contributed by atoms with Gasteiger partial charge in [0.05, 0.1) is 22.3 Å². The highest BCUT2D eigenvalue weighted by molar-refractivity contribution is 6.33. The molecule has 4 rings (SSSR count). The number of aromatic nitrogens is 1. The Balaban J connectivity index is 1.96. The van der Waals surface area contributed by atoms with Crippen molar-refractivity contribution < 1.29 is 18.0 Å². The summed E-state index contributed by atoms with van der Waals surface area (Å²) in [6, 6.07) is 7.40. The van der Waals surface area contributed by atoms with Gasteiger partial charge in [0.1, 0.15) is 29.6 Å². The van der Waals surface area contributed by atoms with Gasteiger partial charge in [0, 0.05) is 24.1 Å². The molecule has 0 fully saturated rings. The Labute approximate surface area is 186 Å². The molecular weight excluding hydrogens is 443 g/mol. The molecule has 0 bridgehead atoms. The minimum atomic E-state index is -1.40. The minimum Gasteiger partial charge on any atom is -0.758 e. The molecule has 1 atom stereocenters. The van der Waals surface area contributed by atoms with Crippen LogP contribution in [0.1, 0.15) is 29.3 Å². The largest absolute Gasteiger partial charge is 0.758 e. The SMILES string of the molecule is O=CCCNc1cc(-c2ccc(F)cc2Cl)c2c(n1)C(c1c(F)cccc1F)N([O-])C=C2. The molecule has 1 aliphatic rings. The number of fused-ring (bicyclic) bond motifs is 1. The molecule has 164 valence electrons. The Morgan fingerprint density at radius 3 is 2.56 bits per heavy atom. The fraction of sp³-hybridized carbons (Fsp3) is 0.130. The van der Waals surface area contributed by atoms with E-state index in [0.717, 1.165) is 30.7 Å². The second-order valence-corrected chi connectivity index (χ2v) is 7.48. The molecule has 1 aliphatic heterocycles. The van der Waals surface area contributed by atoms with Crippen LogP contribution in [0.25, 0.3) is 17.2 Å². The fourth-order valence-corrected chi connectivity index (χ4v) is 3.90. The van der Waals surface area contributed by atoms with Gasteiger partial charge >= 0.3 is 0 Å². The number of aldehydes is 1. The standard InChI is InChI=1S/C23H16ClF3N3O2/c24-17-11-13(25)5-6-14(17)16-12-20(28-8-2-10-31)29-22-15(16)7-9-30(32)23(22)21-18(26)3-1-4-19(21)27/h1,3-7,9-12,23H,2,8H2,(H,28,29)/q-1. The molecule has 0 amide bonds. The predicted molar refractivity (Wildman–Crippen MR) is 116 cm³/mol. The van der Waals surface area contributed by atoms with Crippen molar-refractivity contribution in [2.75, 3.05) is 11.9 Å². The number of carbonyl (C=O) groups is 1. The van der Waals surface area contributed by atoms with Crippen LogP contribution in [-0.2, 0) is 4.79 Å². The highest BCUT2D eigenvalue weighted by Gasteiger charge is 2.30. The van der Waals surface area contributed by atoms with E-state index in [1.54, 1.807) is 6.07 Å². The molecule has 1 unspecified atom stereocenters. The van der Waals surface area contributed by atoms with E-state index < -0.39 is 29.1 Å². The summed E-state index contributed by atoms with van der Waals surface area (Å²) in [5.74, 6) is -2.04. The number of hydrogen-bond donors (Lipinski definition) is 1. The predicted octanol–water partition coefficient (Wildman–Crippen LogP) is 5.69. The molecule has 0 spiro atoms. The van der Waals surface area contributed by atoms with Crippen molar-refractivity contribution in [1.82, 2.24) is 10.0 Å². The molecule has 2 aromatic carbocycles. The molecule has 9 heteroatoms. The molecule has 1 N–H and O–H groups in total. The molecule has 0 radical (unpaired) electrons. The number of halogens is 4. The van der Waals surface area contributed by atoms with Gasteiger partial charge in [0.2, 0.25) is 0 Å². The summed E-state index contributed by atoms with van der Waals surface area (Å²) in [6.07, 6.45) is 3.54. The van der Waals surface area contributed by atoms with Gasteiger partial charge in [-0.05, 0) is 54.2 Å². The van der Waals surface area contributed by atoms with Crippen molar-refractivity contribution in [3.05, 3.63) is 93.2 Å². The van der Waals surface area contributed by atoms with E-state index in [9.17, 15) is 23.2 Å². The highest BCUT2D eigenvalue weighted by atomic mass is 35.5. The lowest BCUT2D eigenvalue weighted by Crippen LogP contribution is -2.26. The smallest absolute Gasteiger partial charge is 0.131 e. The van der Waals surface area contributed by atoms with Gasteiger partial charge in [-0.25, -0.2) is 18.2 Å². The molecule has 32 heavy (non-hydrogen) atoms. The monoisotopic (exact) mass is 458 g/mol. The Hall–Kier alpha value is -3.36. The van der Waals surface area contributed by atoms with Crippen molar-refractivity contribution in [3.63, 3.8) is 0 Å². The average Bonchev–Trinajstić information content (AvgIpc) is 2.75. The van der Waals surface area contributed by atoms with Crippen LogP contribution in [0, 0.1) is 22.7 Å². The summed E-state index contributed by atoms with van der Waals surface area (Å²) in [5, 5.41) is 16.2. The molecule has 2 heterocycles. The molecule has 0 saturated carbocycles. The van der Waals surface area contributed by atoms with Crippen LogP contribution in [0.15, 0.2) is 48.7 Å². The zero-order valence-electron chi connectivity index (χ0n) is 16.5. The van der Waals surface area contributed by atoms with Gasteiger partial charge in [0.25, 0.3) is 0 Å². The first-order valence-corrected chi connectivity index (χ1v) is 10.0. The third-order valence-corrected chi connectivity index (χ3v) is 5.37. The van der Waals surface area contributed by atoms with Crippen LogP contribution >= 0.6 is 11.6 Å². The lowest BCUT2D eigenvalue weighted by Gasteiger charge is -2.40. The van der Waals surface area contributed by atoms with Crippen molar-refractivity contribution in [2.45, 2.75) is 12.5 Å². The minimum absolute atomic E-state index is 0.0954. The van der Waals surface area contributed by atoms with Crippen LogP contribution in [0.5, 0.6) is 0 Å². The zero-order valence-corrected chi connectivity index (χ0v) is 17.2. The summed E-state index contributed by atoms with van der Waals surface area (Å²) in [6.45, 7) is 0.252. The van der Waals surface area contributed by atoms with Gasteiger partial charge in [0.15, 0.2) is 0 Å². The maximum Gasteiger partial charge on any atom is 0.131 e. The fourth-order valence-electron chi connectivity index (χ4n) is 3.63. The summed E-state index contributed by atoms with van der Waals surface area (Å²) in [7, 11) is 0. The van der Waals surface area contributed by atoms with E-state index in [1.165, 1.54) is 24.3 Å². The number of rotatable bonds is 6. The summed E-state index contributed by atoms with van der Waals surface area (Å²) in [4.78, 5) is 15.1. The van der Waals surface area contributed by atoms with Crippen molar-refractivity contribution in [3.8, 4) is 11.1 Å². The topological polar surface area (TPSA) is 68.3 Å².